The lowest BCUT2D eigenvalue weighted by Gasteiger charge is -2.23. The number of halogens is 1. The van der Waals surface area contributed by atoms with Crippen LogP contribution in [0.5, 0.6) is 0 Å². The van der Waals surface area contributed by atoms with Crippen molar-refractivity contribution < 1.29 is 0 Å². The van der Waals surface area contributed by atoms with Gasteiger partial charge in [0.25, 0.3) is 0 Å². The fourth-order valence-corrected chi connectivity index (χ4v) is 2.92. The first-order valence-electron chi connectivity index (χ1n) is 9.49. The van der Waals surface area contributed by atoms with Gasteiger partial charge in [-0.2, -0.15) is 0 Å². The van der Waals surface area contributed by atoms with E-state index in [9.17, 15) is 0 Å². The molecule has 0 radical (unpaired) electrons. The molecule has 0 fully saturated rings. The number of imidazole rings is 1. The van der Waals surface area contributed by atoms with Crippen molar-refractivity contribution in [1.82, 2.24) is 20.2 Å². The predicted octanol–water partition coefficient (Wildman–Crippen LogP) is 4.56. The quantitative estimate of drug-likeness (QED) is 0.313. The molecule has 150 valence electrons. The molecule has 0 spiro atoms. The maximum Gasteiger partial charge on any atom is 0.191 e. The number of nitrogens with zero attached hydrogens (tertiary/aromatic N) is 3. The summed E-state index contributed by atoms with van der Waals surface area (Å²) in [7, 11) is 0. The highest BCUT2D eigenvalue weighted by Gasteiger charge is 2.11. The number of hydrogen-bond acceptors (Lipinski definition) is 2. The number of aromatic nitrogens is 2. The third-order valence-electron chi connectivity index (χ3n) is 4.16. The van der Waals surface area contributed by atoms with Gasteiger partial charge in [-0.1, -0.05) is 36.4 Å². The summed E-state index contributed by atoms with van der Waals surface area (Å²) in [5.41, 5.74) is 4.63. The van der Waals surface area contributed by atoms with Gasteiger partial charge in [0.15, 0.2) is 5.96 Å². The summed E-state index contributed by atoms with van der Waals surface area (Å²) in [5.74, 6) is 0.846. The van der Waals surface area contributed by atoms with E-state index in [1.54, 1.807) is 0 Å². The molecule has 0 bridgehead atoms. The molecule has 3 aromatic rings. The van der Waals surface area contributed by atoms with Gasteiger partial charge in [0, 0.05) is 18.6 Å². The molecule has 0 aliphatic heterocycles. The van der Waals surface area contributed by atoms with Crippen LogP contribution in [-0.4, -0.2) is 27.6 Å². The van der Waals surface area contributed by atoms with Gasteiger partial charge in [0.2, 0.25) is 0 Å². The second kappa shape index (κ2) is 9.91. The number of nitrogens with one attached hydrogen (secondary N) is 2. The van der Waals surface area contributed by atoms with Crippen molar-refractivity contribution in [3.05, 3.63) is 66.0 Å². The Hall–Kier alpha value is -2.09. The molecule has 3 rings (SSSR count). The smallest absolute Gasteiger partial charge is 0.191 e. The summed E-state index contributed by atoms with van der Waals surface area (Å²) in [6.45, 7) is 10.8. The minimum atomic E-state index is -0.0154. The summed E-state index contributed by atoms with van der Waals surface area (Å²) in [5, 5.41) is 6.71. The maximum atomic E-state index is 4.69. The molecular weight excluding hydrogens is 461 g/mol. The number of rotatable bonds is 5. The van der Waals surface area contributed by atoms with Crippen LogP contribution in [0, 0.1) is 0 Å². The summed E-state index contributed by atoms with van der Waals surface area (Å²) in [6.07, 6.45) is 1.91. The third kappa shape index (κ3) is 6.22. The summed E-state index contributed by atoms with van der Waals surface area (Å²) in [6, 6.07) is 16.9. The van der Waals surface area contributed by atoms with Crippen molar-refractivity contribution in [1.29, 1.82) is 0 Å². The standard InChI is InChI=1S/C22H29N5.HI/c1-5-23-21(26-22(2,3)4)24-14-17-10-12-18(13-11-17)15-27-16-25-19-8-6-7-9-20(19)27;/h6-13,16H,5,14-15H2,1-4H3,(H2,23,24,26);1H. The van der Waals surface area contributed by atoms with Crippen molar-refractivity contribution in [3.63, 3.8) is 0 Å². The lowest BCUT2D eigenvalue weighted by atomic mass is 10.1. The van der Waals surface area contributed by atoms with Crippen LogP contribution < -0.4 is 10.6 Å². The van der Waals surface area contributed by atoms with Crippen LogP contribution in [0.1, 0.15) is 38.8 Å². The molecule has 0 aliphatic carbocycles. The maximum absolute atomic E-state index is 4.69. The van der Waals surface area contributed by atoms with E-state index >= 15 is 0 Å². The van der Waals surface area contributed by atoms with Crippen molar-refractivity contribution in [2.24, 2.45) is 4.99 Å². The summed E-state index contributed by atoms with van der Waals surface area (Å²) in [4.78, 5) is 9.15. The topological polar surface area (TPSA) is 54.2 Å². The van der Waals surface area contributed by atoms with E-state index in [1.165, 1.54) is 11.1 Å². The fraction of sp³-hybridized carbons (Fsp3) is 0.364. The molecule has 2 N–H and O–H groups in total. The van der Waals surface area contributed by atoms with E-state index < -0.39 is 0 Å². The molecule has 0 saturated heterocycles. The molecule has 0 saturated carbocycles. The second-order valence-corrected chi connectivity index (χ2v) is 7.75. The molecule has 2 aromatic carbocycles. The Morgan fingerprint density at radius 3 is 2.39 bits per heavy atom. The lowest BCUT2D eigenvalue weighted by Crippen LogP contribution is -2.47. The number of fused-ring (bicyclic) bond motifs is 1. The molecule has 0 unspecified atom stereocenters. The van der Waals surface area contributed by atoms with Crippen LogP contribution >= 0.6 is 24.0 Å². The van der Waals surface area contributed by atoms with Crippen molar-refractivity contribution in [2.45, 2.75) is 46.3 Å². The van der Waals surface area contributed by atoms with Gasteiger partial charge < -0.3 is 15.2 Å². The van der Waals surface area contributed by atoms with Gasteiger partial charge in [0.1, 0.15) is 0 Å². The second-order valence-electron chi connectivity index (χ2n) is 7.75. The summed E-state index contributed by atoms with van der Waals surface area (Å²) >= 11 is 0. The van der Waals surface area contributed by atoms with Crippen molar-refractivity contribution in [2.75, 3.05) is 6.54 Å². The number of para-hydroxylation sites is 2. The molecule has 6 heteroatoms. The van der Waals surface area contributed by atoms with Gasteiger partial charge in [-0.05, 0) is 51.0 Å². The van der Waals surface area contributed by atoms with Gasteiger partial charge >= 0.3 is 0 Å². The monoisotopic (exact) mass is 491 g/mol. The van der Waals surface area contributed by atoms with E-state index in [2.05, 4.69) is 84.3 Å². The number of benzene rings is 2. The normalized spacial score (nSPS) is 11.9. The zero-order valence-corrected chi connectivity index (χ0v) is 19.4. The fourth-order valence-electron chi connectivity index (χ4n) is 2.92. The van der Waals surface area contributed by atoms with Crippen molar-refractivity contribution >= 4 is 41.0 Å². The Morgan fingerprint density at radius 1 is 1.04 bits per heavy atom. The number of aliphatic imine (C=N–C) groups is 1. The Labute approximate surface area is 184 Å². The molecule has 0 atom stereocenters. The van der Waals surface area contributed by atoms with E-state index in [1.807, 2.05) is 18.5 Å². The first kappa shape index (κ1) is 22.2. The van der Waals surface area contributed by atoms with Crippen LogP contribution in [-0.2, 0) is 13.1 Å². The molecule has 28 heavy (non-hydrogen) atoms. The van der Waals surface area contributed by atoms with Crippen LogP contribution in [0.3, 0.4) is 0 Å². The first-order valence-corrected chi connectivity index (χ1v) is 9.49. The molecular formula is C22H30IN5. The minimum absolute atomic E-state index is 0. The molecule has 5 nitrogen and oxygen atoms in total. The van der Waals surface area contributed by atoms with Crippen LogP contribution in [0.25, 0.3) is 11.0 Å². The Kier molecular flexibility index (Phi) is 7.86. The number of guanidine groups is 1. The predicted molar refractivity (Wildman–Crippen MR) is 128 cm³/mol. The number of hydrogen-bond donors (Lipinski definition) is 2. The van der Waals surface area contributed by atoms with E-state index in [0.717, 1.165) is 30.1 Å². The Balaban J connectivity index is 0.00000280. The van der Waals surface area contributed by atoms with Crippen LogP contribution in [0.2, 0.25) is 0 Å². The van der Waals surface area contributed by atoms with E-state index in [-0.39, 0.29) is 29.5 Å². The Morgan fingerprint density at radius 2 is 1.71 bits per heavy atom. The highest BCUT2D eigenvalue weighted by molar-refractivity contribution is 14.0. The average Bonchev–Trinajstić information content (AvgIpc) is 3.03. The molecule has 1 heterocycles. The Bertz CT molecular complexity index is 907. The molecule has 1 aromatic heterocycles. The highest BCUT2D eigenvalue weighted by atomic mass is 127. The van der Waals surface area contributed by atoms with Crippen LogP contribution in [0.15, 0.2) is 59.9 Å². The minimum Gasteiger partial charge on any atom is -0.357 e. The SMILES string of the molecule is CCNC(=NCc1ccc(Cn2cnc3ccccc32)cc1)NC(C)(C)C.I. The van der Waals surface area contributed by atoms with Gasteiger partial charge in [-0.25, -0.2) is 9.98 Å². The molecule has 0 aliphatic rings. The van der Waals surface area contributed by atoms with Gasteiger partial charge in [-0.15, -0.1) is 24.0 Å². The zero-order chi connectivity index (χ0) is 19.3. The van der Waals surface area contributed by atoms with Gasteiger partial charge in [-0.3, -0.25) is 0 Å². The van der Waals surface area contributed by atoms with E-state index in [0.29, 0.717) is 6.54 Å². The molecule has 0 amide bonds. The third-order valence-corrected chi connectivity index (χ3v) is 4.16. The average molecular weight is 491 g/mol. The van der Waals surface area contributed by atoms with Crippen LogP contribution in [0.4, 0.5) is 0 Å². The largest absolute Gasteiger partial charge is 0.357 e. The van der Waals surface area contributed by atoms with Gasteiger partial charge in [0.05, 0.1) is 23.9 Å². The lowest BCUT2D eigenvalue weighted by molar-refractivity contribution is 0.501. The van der Waals surface area contributed by atoms with E-state index in [4.69, 9.17) is 4.99 Å². The van der Waals surface area contributed by atoms with Crippen molar-refractivity contribution in [3.8, 4) is 0 Å². The zero-order valence-electron chi connectivity index (χ0n) is 17.1. The first-order chi connectivity index (χ1) is 12.9. The summed E-state index contributed by atoms with van der Waals surface area (Å²) < 4.78 is 2.18. The highest BCUT2D eigenvalue weighted by Crippen LogP contribution is 2.15.